The number of aromatic nitrogens is 5. The van der Waals surface area contributed by atoms with Crippen molar-refractivity contribution >= 4 is 23.1 Å². The van der Waals surface area contributed by atoms with E-state index in [0.717, 1.165) is 0 Å². The quantitative estimate of drug-likeness (QED) is 0.698. The van der Waals surface area contributed by atoms with Gasteiger partial charge in [0.2, 0.25) is 0 Å². The summed E-state index contributed by atoms with van der Waals surface area (Å²) >= 11 is 0. The van der Waals surface area contributed by atoms with Gasteiger partial charge in [-0.25, -0.2) is 9.50 Å². The predicted octanol–water partition coefficient (Wildman–Crippen LogP) is 1.58. The van der Waals surface area contributed by atoms with Crippen molar-refractivity contribution in [2.24, 2.45) is 5.92 Å². The van der Waals surface area contributed by atoms with Crippen molar-refractivity contribution in [3.63, 3.8) is 0 Å². The summed E-state index contributed by atoms with van der Waals surface area (Å²) in [6.07, 6.45) is 6.38. The van der Waals surface area contributed by atoms with Gasteiger partial charge >= 0.3 is 0 Å². The lowest BCUT2D eigenvalue weighted by atomic mass is 10.2. The molecule has 3 heterocycles. The Morgan fingerprint density at radius 3 is 2.81 bits per heavy atom. The molecule has 9 nitrogen and oxygen atoms in total. The molecular weight excluding hydrogens is 334 g/mol. The molecule has 2 N–H and O–H groups in total. The van der Waals surface area contributed by atoms with Gasteiger partial charge in [-0.05, 0) is 18.9 Å². The predicted molar refractivity (Wildman–Crippen MR) is 96.0 cm³/mol. The Morgan fingerprint density at radius 1 is 1.27 bits per heavy atom. The maximum atomic E-state index is 12.7. The molecule has 26 heavy (non-hydrogen) atoms. The van der Waals surface area contributed by atoms with E-state index in [0.29, 0.717) is 35.9 Å². The van der Waals surface area contributed by atoms with Gasteiger partial charge in [-0.15, -0.1) is 0 Å². The molecule has 0 bridgehead atoms. The number of amides is 2. The summed E-state index contributed by atoms with van der Waals surface area (Å²) in [7, 11) is 0. The second-order valence-corrected chi connectivity index (χ2v) is 6.25. The zero-order valence-corrected chi connectivity index (χ0v) is 14.9. The molecule has 0 atom stereocenters. The smallest absolute Gasteiger partial charge is 0.273 e. The van der Waals surface area contributed by atoms with Crippen LogP contribution in [0.1, 0.15) is 41.6 Å². The van der Waals surface area contributed by atoms with Gasteiger partial charge in [-0.1, -0.05) is 13.8 Å². The van der Waals surface area contributed by atoms with Crippen molar-refractivity contribution in [2.75, 3.05) is 11.9 Å². The van der Waals surface area contributed by atoms with Crippen LogP contribution in [0.2, 0.25) is 0 Å². The van der Waals surface area contributed by atoms with Crippen molar-refractivity contribution in [2.45, 2.75) is 27.3 Å². The van der Waals surface area contributed by atoms with Gasteiger partial charge in [-0.2, -0.15) is 10.2 Å². The van der Waals surface area contributed by atoms with Crippen molar-refractivity contribution in [1.82, 2.24) is 29.7 Å². The van der Waals surface area contributed by atoms with E-state index in [1.165, 1.54) is 10.7 Å². The molecule has 0 aromatic carbocycles. The molecule has 136 valence electrons. The number of rotatable bonds is 6. The first-order valence-corrected chi connectivity index (χ1v) is 8.45. The van der Waals surface area contributed by atoms with Crippen LogP contribution in [0.4, 0.5) is 5.69 Å². The average molecular weight is 355 g/mol. The fourth-order valence-corrected chi connectivity index (χ4v) is 2.40. The Balaban J connectivity index is 1.85. The Kier molecular flexibility index (Phi) is 4.97. The number of nitrogens with zero attached hydrogens (tertiary/aromatic N) is 5. The molecule has 9 heteroatoms. The summed E-state index contributed by atoms with van der Waals surface area (Å²) in [5.41, 5.74) is 1.31. The van der Waals surface area contributed by atoms with Crippen LogP contribution in [0, 0.1) is 5.92 Å². The van der Waals surface area contributed by atoms with Gasteiger partial charge in [0.25, 0.3) is 11.8 Å². The fraction of sp³-hybridized carbons (Fsp3) is 0.353. The number of anilines is 1. The molecule has 2 amide bonds. The monoisotopic (exact) mass is 355 g/mol. The second kappa shape index (κ2) is 7.34. The van der Waals surface area contributed by atoms with Gasteiger partial charge < -0.3 is 10.6 Å². The van der Waals surface area contributed by atoms with Crippen molar-refractivity contribution < 1.29 is 9.59 Å². The van der Waals surface area contributed by atoms with E-state index in [-0.39, 0.29) is 11.6 Å². The molecule has 0 aliphatic heterocycles. The standard InChI is InChI=1S/C17H21N7O2/c1-4-23-10-13(14(22-23)17(26)19-8-11(2)3)21-16(25)12-9-20-24-7-5-6-18-15(12)24/h5-7,9-11H,4,8H2,1-3H3,(H,19,26)(H,21,25). The molecule has 0 unspecified atom stereocenters. The number of fused-ring (bicyclic) bond motifs is 1. The van der Waals surface area contributed by atoms with Crippen LogP contribution in [0.3, 0.4) is 0 Å². The van der Waals surface area contributed by atoms with E-state index >= 15 is 0 Å². The minimum absolute atomic E-state index is 0.185. The molecule has 0 radical (unpaired) electrons. The summed E-state index contributed by atoms with van der Waals surface area (Å²) in [6, 6.07) is 1.73. The van der Waals surface area contributed by atoms with E-state index in [4.69, 9.17) is 0 Å². The van der Waals surface area contributed by atoms with Crippen molar-refractivity contribution in [3.05, 3.63) is 42.1 Å². The third-order valence-electron chi connectivity index (χ3n) is 3.74. The second-order valence-electron chi connectivity index (χ2n) is 6.25. The SMILES string of the molecule is CCn1cc(NC(=O)c2cnn3cccnc23)c(C(=O)NCC(C)C)n1. The van der Waals surface area contributed by atoms with Crippen molar-refractivity contribution in [3.8, 4) is 0 Å². The lowest BCUT2D eigenvalue weighted by Crippen LogP contribution is -2.28. The first-order valence-electron chi connectivity index (χ1n) is 8.45. The van der Waals surface area contributed by atoms with Crippen LogP contribution in [0.5, 0.6) is 0 Å². The molecule has 0 aliphatic carbocycles. The summed E-state index contributed by atoms with van der Waals surface area (Å²) in [5, 5.41) is 13.9. The van der Waals surface area contributed by atoms with Gasteiger partial charge in [-0.3, -0.25) is 14.3 Å². The zero-order chi connectivity index (χ0) is 18.7. The lowest BCUT2D eigenvalue weighted by Gasteiger charge is -2.07. The summed E-state index contributed by atoms with van der Waals surface area (Å²) in [4.78, 5) is 29.2. The number of hydrogen-bond donors (Lipinski definition) is 2. The Bertz CT molecular complexity index is 942. The topological polar surface area (TPSA) is 106 Å². The average Bonchev–Trinajstić information content (AvgIpc) is 3.23. The normalized spacial score (nSPS) is 11.1. The van der Waals surface area contributed by atoms with Crippen LogP contribution in [0.15, 0.2) is 30.9 Å². The number of aryl methyl sites for hydroxylation is 1. The van der Waals surface area contributed by atoms with Crippen LogP contribution in [-0.2, 0) is 6.54 Å². The Hall–Kier alpha value is -3.23. The van der Waals surface area contributed by atoms with Crippen LogP contribution in [0.25, 0.3) is 5.65 Å². The van der Waals surface area contributed by atoms with E-state index < -0.39 is 5.91 Å². The van der Waals surface area contributed by atoms with Gasteiger partial charge in [0.05, 0.1) is 11.9 Å². The highest BCUT2D eigenvalue weighted by molar-refractivity contribution is 6.10. The number of hydrogen-bond acceptors (Lipinski definition) is 5. The van der Waals surface area contributed by atoms with E-state index in [1.807, 2.05) is 20.8 Å². The molecule has 0 fully saturated rings. The largest absolute Gasteiger partial charge is 0.350 e. The fourth-order valence-electron chi connectivity index (χ4n) is 2.40. The zero-order valence-electron chi connectivity index (χ0n) is 14.9. The van der Waals surface area contributed by atoms with Crippen LogP contribution < -0.4 is 10.6 Å². The minimum Gasteiger partial charge on any atom is -0.350 e. The Labute approximate surface area is 150 Å². The number of nitrogens with one attached hydrogen (secondary N) is 2. The molecule has 0 saturated heterocycles. The Morgan fingerprint density at radius 2 is 2.08 bits per heavy atom. The van der Waals surface area contributed by atoms with Crippen molar-refractivity contribution in [1.29, 1.82) is 0 Å². The molecule has 0 saturated carbocycles. The highest BCUT2D eigenvalue weighted by atomic mass is 16.2. The molecular formula is C17H21N7O2. The maximum absolute atomic E-state index is 12.7. The lowest BCUT2D eigenvalue weighted by molar-refractivity contribution is 0.0944. The summed E-state index contributed by atoms with van der Waals surface area (Å²) < 4.78 is 3.12. The van der Waals surface area contributed by atoms with Gasteiger partial charge in [0.15, 0.2) is 11.3 Å². The summed E-state index contributed by atoms with van der Waals surface area (Å²) in [6.45, 7) is 7.03. The number of carbonyl (C=O) groups excluding carboxylic acids is 2. The van der Waals surface area contributed by atoms with Gasteiger partial charge in [0.1, 0.15) is 5.56 Å². The van der Waals surface area contributed by atoms with E-state index in [9.17, 15) is 9.59 Å². The molecule has 3 rings (SSSR count). The molecule has 0 spiro atoms. The minimum atomic E-state index is -0.396. The highest BCUT2D eigenvalue weighted by Gasteiger charge is 2.21. The van der Waals surface area contributed by atoms with E-state index in [2.05, 4.69) is 25.8 Å². The third-order valence-corrected chi connectivity index (χ3v) is 3.74. The third kappa shape index (κ3) is 3.56. The van der Waals surface area contributed by atoms with Crippen LogP contribution >= 0.6 is 0 Å². The number of carbonyl (C=O) groups is 2. The van der Waals surface area contributed by atoms with Gasteiger partial charge in [0, 0.05) is 31.7 Å². The first-order chi connectivity index (χ1) is 12.5. The maximum Gasteiger partial charge on any atom is 0.273 e. The summed E-state index contributed by atoms with van der Waals surface area (Å²) in [5.74, 6) is -0.401. The molecule has 0 aliphatic rings. The first kappa shape index (κ1) is 17.6. The van der Waals surface area contributed by atoms with E-state index in [1.54, 1.807) is 29.3 Å². The highest BCUT2D eigenvalue weighted by Crippen LogP contribution is 2.17. The van der Waals surface area contributed by atoms with Crippen LogP contribution in [-0.4, -0.2) is 42.7 Å². The molecule has 3 aromatic rings. The molecule has 3 aromatic heterocycles.